The Balaban J connectivity index is 0. The van der Waals surface area contributed by atoms with E-state index in [9.17, 15) is 14.7 Å². The molecule has 3 N–H and O–H groups in total. The Hall–Kier alpha value is 1.28. The van der Waals surface area contributed by atoms with Crippen LogP contribution in [0.5, 0.6) is 0 Å². The summed E-state index contributed by atoms with van der Waals surface area (Å²) in [4.78, 5) is 28.6. The van der Waals surface area contributed by atoms with Crippen LogP contribution in [0.25, 0.3) is 0 Å². The third-order valence-corrected chi connectivity index (χ3v) is 8.70. The summed E-state index contributed by atoms with van der Waals surface area (Å²) in [6, 6.07) is 0. The zero-order chi connectivity index (χ0) is 14.6. The monoisotopic (exact) mass is 376 g/mol. The van der Waals surface area contributed by atoms with Crippen molar-refractivity contribution in [1.82, 2.24) is 0 Å². The van der Waals surface area contributed by atoms with Crippen LogP contribution in [0.2, 0.25) is 0 Å². The Morgan fingerprint density at radius 3 is 1.30 bits per heavy atom. The molecule has 3 nitrogen and oxygen atoms in total. The van der Waals surface area contributed by atoms with Gasteiger partial charge in [-0.3, -0.25) is 0 Å². The Bertz CT molecular complexity index is 245. The van der Waals surface area contributed by atoms with Gasteiger partial charge in [-0.05, 0) is 24.3 Å². The van der Waals surface area contributed by atoms with Gasteiger partial charge in [-0.2, -0.15) is 0 Å². The molecule has 0 aliphatic rings. The second-order valence-electron chi connectivity index (χ2n) is 5.21. The van der Waals surface area contributed by atoms with E-state index >= 15 is 0 Å². The van der Waals surface area contributed by atoms with Crippen molar-refractivity contribution in [3.8, 4) is 0 Å². The molecule has 20 heavy (non-hydrogen) atoms. The van der Waals surface area contributed by atoms with Crippen molar-refractivity contribution in [3.05, 3.63) is 0 Å². The first-order valence-electron chi connectivity index (χ1n) is 7.77. The van der Waals surface area contributed by atoms with Crippen LogP contribution in [-0.4, -0.2) is 26.2 Å². The van der Waals surface area contributed by atoms with Gasteiger partial charge in [0.2, 0.25) is 0 Å². The molecule has 0 bridgehead atoms. The summed E-state index contributed by atoms with van der Waals surface area (Å²) in [5.74, 6) is 1.57. The van der Waals surface area contributed by atoms with E-state index in [0.717, 1.165) is 37.2 Å². The van der Waals surface area contributed by atoms with Crippen molar-refractivity contribution < 1.29 is 34.2 Å². The molecule has 0 aromatic heterocycles. The molecular weight excluding hydrogens is 345 g/mol. The Morgan fingerprint density at radius 1 is 0.650 bits per heavy atom. The second kappa shape index (κ2) is 15.2. The van der Waals surface area contributed by atoms with Crippen molar-refractivity contribution in [2.75, 3.05) is 11.5 Å². The van der Waals surface area contributed by atoms with Gasteiger partial charge in [-0.25, -0.2) is 0 Å². The van der Waals surface area contributed by atoms with Crippen LogP contribution in [0.4, 0.5) is 0 Å². The molecule has 0 amide bonds. The molecule has 0 fully saturated rings. The van der Waals surface area contributed by atoms with E-state index in [-0.39, 0.29) is 19.5 Å². The first kappa shape index (κ1) is 23.5. The van der Waals surface area contributed by atoms with Crippen molar-refractivity contribution in [2.24, 2.45) is 0 Å². The number of rotatable bonds is 12. The van der Waals surface area contributed by atoms with Gasteiger partial charge < -0.3 is 14.7 Å². The Kier molecular flexibility index (Phi) is 17.9. The van der Waals surface area contributed by atoms with E-state index in [1.807, 2.05) is 0 Å². The molecule has 0 heterocycles. The van der Waals surface area contributed by atoms with Gasteiger partial charge in [0.1, 0.15) is 0 Å². The summed E-state index contributed by atoms with van der Waals surface area (Å²) < 4.78 is 0. The minimum absolute atomic E-state index is 0. The summed E-state index contributed by atoms with van der Waals surface area (Å²) in [7, 11) is -0.575. The van der Waals surface area contributed by atoms with Crippen LogP contribution in [0.15, 0.2) is 0 Å². The first-order chi connectivity index (χ1) is 9.02. The summed E-state index contributed by atoms with van der Waals surface area (Å²) in [6.07, 6.45) is 11.7. The predicted molar refractivity (Wildman–Crippen MR) is 88.2 cm³/mol. The minimum Gasteiger partial charge on any atom is -0.329 e. The second-order valence-corrected chi connectivity index (χ2v) is 11.0. The van der Waals surface area contributed by atoms with Gasteiger partial charge in [-0.1, -0.05) is 65.2 Å². The zero-order valence-electron chi connectivity index (χ0n) is 13.4. The topological polar surface area (TPSA) is 60.7 Å². The molecule has 0 saturated carbocycles. The molecule has 6 heteroatoms. The molecule has 0 aromatic rings. The molecule has 0 atom stereocenters. The van der Waals surface area contributed by atoms with Crippen molar-refractivity contribution in [1.29, 1.82) is 0 Å². The zero-order valence-corrected chi connectivity index (χ0v) is 18.1. The van der Waals surface area contributed by atoms with E-state index in [1.165, 1.54) is 38.5 Å². The van der Waals surface area contributed by atoms with Crippen LogP contribution in [0.3, 0.4) is 0 Å². The third kappa shape index (κ3) is 14.2. The number of hydrogen-bond donors (Lipinski definition) is 3. The maximum atomic E-state index is 9.52. The van der Waals surface area contributed by atoms with Gasteiger partial charge in [0, 0.05) is 19.5 Å². The molecule has 0 unspecified atom stereocenters. The maximum absolute atomic E-state index is 9.52. The Labute approximate surface area is 140 Å². The predicted octanol–water partition coefficient (Wildman–Crippen LogP) is 4.20. The third-order valence-electron chi connectivity index (χ3n) is 3.31. The first-order valence-corrected chi connectivity index (χ1v) is 11.6. The fourth-order valence-electron chi connectivity index (χ4n) is 2.09. The molecule has 120 valence electrons. The van der Waals surface area contributed by atoms with E-state index in [0.29, 0.717) is 0 Å². The van der Waals surface area contributed by atoms with E-state index in [4.69, 9.17) is 0 Å². The quantitative estimate of drug-likeness (QED) is 0.271. The van der Waals surface area contributed by atoms with Gasteiger partial charge >= 0.3 is 0 Å². The SMILES string of the molecule is CCCCCCCS(CCCCCCC)=P(O)(O)O.[Zn]. The molecule has 0 radical (unpaired) electrons. The van der Waals surface area contributed by atoms with Crippen molar-refractivity contribution in [2.45, 2.75) is 78.1 Å². The van der Waals surface area contributed by atoms with Crippen LogP contribution in [0, 0.1) is 0 Å². The summed E-state index contributed by atoms with van der Waals surface area (Å²) in [6.45, 7) is 0.765. The normalized spacial score (nSPS) is 11.7. The van der Waals surface area contributed by atoms with Crippen LogP contribution >= 0.6 is 6.72 Å². The largest absolute Gasteiger partial charge is 0.329 e. The number of hydrogen-bond acceptors (Lipinski definition) is 0. The van der Waals surface area contributed by atoms with Crippen molar-refractivity contribution >= 4 is 16.8 Å². The molecule has 0 rings (SSSR count). The molecular formula is C14H33O3PSZn. The van der Waals surface area contributed by atoms with Crippen molar-refractivity contribution in [3.63, 3.8) is 0 Å². The average Bonchev–Trinajstić information content (AvgIpc) is 2.34. The van der Waals surface area contributed by atoms with E-state index in [1.54, 1.807) is 0 Å². The smallest absolute Gasteiger partial charge is 0.277 e. The van der Waals surface area contributed by atoms with Crippen LogP contribution < -0.4 is 0 Å². The molecule has 0 aliphatic heterocycles. The maximum Gasteiger partial charge on any atom is 0.277 e. The van der Waals surface area contributed by atoms with Crippen LogP contribution in [-0.2, 0) is 29.6 Å². The fraction of sp³-hybridized carbons (Fsp3) is 1.00. The van der Waals surface area contributed by atoms with E-state index < -0.39 is 16.8 Å². The minimum atomic E-state index is -3.61. The number of unbranched alkanes of at least 4 members (excludes halogenated alkanes) is 8. The molecule has 0 aromatic carbocycles. The summed E-state index contributed by atoms with van der Waals surface area (Å²) in [5.41, 5.74) is 0. The molecule has 0 aliphatic carbocycles. The van der Waals surface area contributed by atoms with Crippen LogP contribution in [0.1, 0.15) is 78.1 Å². The fourth-order valence-corrected chi connectivity index (χ4v) is 6.10. The van der Waals surface area contributed by atoms with Gasteiger partial charge in [0.25, 0.3) is 6.72 Å². The standard InChI is InChI=1S/C14H33O3PS.Zn/c1-3-5-7-9-11-13-19(18(15,16)17)14-12-10-8-6-4-2;/h15-17H,3-14H2,1-2H3;. The summed E-state index contributed by atoms with van der Waals surface area (Å²) in [5, 5.41) is 0. The molecule has 0 spiro atoms. The summed E-state index contributed by atoms with van der Waals surface area (Å²) >= 11 is 0. The van der Waals surface area contributed by atoms with Gasteiger partial charge in [0.05, 0.1) is 0 Å². The van der Waals surface area contributed by atoms with E-state index in [2.05, 4.69) is 13.8 Å². The average molecular weight is 378 g/mol. The molecule has 0 saturated heterocycles. The van der Waals surface area contributed by atoms with Gasteiger partial charge in [-0.15, -0.1) is 10.1 Å². The Morgan fingerprint density at radius 2 is 1.00 bits per heavy atom. The van der Waals surface area contributed by atoms with Gasteiger partial charge in [0.15, 0.2) is 0 Å².